The second kappa shape index (κ2) is 8.20. The van der Waals surface area contributed by atoms with E-state index in [1.54, 1.807) is 0 Å². The molecule has 0 aliphatic rings. The summed E-state index contributed by atoms with van der Waals surface area (Å²) < 4.78 is 5.40. The molecule has 0 atom stereocenters. The Hall–Kier alpha value is -2.57. The van der Waals surface area contributed by atoms with Crippen molar-refractivity contribution in [3.8, 4) is 0 Å². The lowest BCUT2D eigenvalue weighted by Crippen LogP contribution is -2.36. The number of aryl methyl sites for hydroxylation is 1. The number of aliphatic hydroxyl groups is 1. The first-order chi connectivity index (χ1) is 13.2. The zero-order chi connectivity index (χ0) is 20.3. The number of esters is 1. The van der Waals surface area contributed by atoms with Gasteiger partial charge in [0, 0.05) is 29.6 Å². The predicted octanol–water partition coefficient (Wildman–Crippen LogP) is 3.23. The van der Waals surface area contributed by atoms with E-state index in [0.29, 0.717) is 13.1 Å². The standard InChI is InChI=1S/C22H27N3O3/c1-15-5-6-16-7-8-17-9-10-18(24-21(17)20(16)23-15)13-25(11-12-26)14-19(27)28-22(2,3)4/h5-10,26H,11-14H2,1-4H3. The first-order valence-corrected chi connectivity index (χ1v) is 9.46. The number of fused-ring (bicyclic) bond motifs is 3. The number of benzene rings is 1. The van der Waals surface area contributed by atoms with Gasteiger partial charge in [-0.15, -0.1) is 0 Å². The fourth-order valence-corrected chi connectivity index (χ4v) is 3.13. The van der Waals surface area contributed by atoms with E-state index in [-0.39, 0.29) is 19.1 Å². The predicted molar refractivity (Wildman–Crippen MR) is 110 cm³/mol. The van der Waals surface area contributed by atoms with Crippen LogP contribution in [0.2, 0.25) is 0 Å². The summed E-state index contributed by atoms with van der Waals surface area (Å²) in [6, 6.07) is 12.1. The minimum Gasteiger partial charge on any atom is -0.459 e. The SMILES string of the molecule is Cc1ccc2ccc3ccc(CN(CCO)CC(=O)OC(C)(C)C)nc3c2n1. The van der Waals surface area contributed by atoms with Crippen LogP contribution in [0.5, 0.6) is 0 Å². The van der Waals surface area contributed by atoms with Crippen LogP contribution in [0.15, 0.2) is 36.4 Å². The highest BCUT2D eigenvalue weighted by Crippen LogP contribution is 2.23. The zero-order valence-electron chi connectivity index (χ0n) is 16.9. The molecule has 2 heterocycles. The maximum Gasteiger partial charge on any atom is 0.320 e. The molecular weight excluding hydrogens is 354 g/mol. The van der Waals surface area contributed by atoms with Crippen LogP contribution in [0.4, 0.5) is 0 Å². The Morgan fingerprint density at radius 3 is 2.29 bits per heavy atom. The highest BCUT2D eigenvalue weighted by molar-refractivity contribution is 6.02. The summed E-state index contributed by atoms with van der Waals surface area (Å²) in [5.41, 5.74) is 2.95. The molecule has 3 rings (SSSR count). The topological polar surface area (TPSA) is 75.5 Å². The molecular formula is C22H27N3O3. The van der Waals surface area contributed by atoms with Gasteiger partial charge in [-0.1, -0.05) is 24.3 Å². The first kappa shape index (κ1) is 20.2. The Morgan fingerprint density at radius 1 is 1.04 bits per heavy atom. The minimum atomic E-state index is -0.536. The average molecular weight is 381 g/mol. The fourth-order valence-electron chi connectivity index (χ4n) is 3.13. The van der Waals surface area contributed by atoms with Gasteiger partial charge in [-0.3, -0.25) is 14.7 Å². The van der Waals surface area contributed by atoms with Crippen LogP contribution in [-0.4, -0.2) is 51.2 Å². The van der Waals surface area contributed by atoms with Crippen molar-refractivity contribution in [3.05, 3.63) is 47.8 Å². The van der Waals surface area contributed by atoms with Crippen molar-refractivity contribution in [2.45, 2.75) is 39.8 Å². The van der Waals surface area contributed by atoms with E-state index >= 15 is 0 Å². The van der Waals surface area contributed by atoms with Crippen LogP contribution in [0.3, 0.4) is 0 Å². The third-order valence-corrected chi connectivity index (χ3v) is 4.29. The summed E-state index contributed by atoms with van der Waals surface area (Å²) in [7, 11) is 0. The van der Waals surface area contributed by atoms with Crippen molar-refractivity contribution in [1.29, 1.82) is 0 Å². The molecule has 0 spiro atoms. The molecule has 148 valence electrons. The van der Waals surface area contributed by atoms with E-state index in [4.69, 9.17) is 9.72 Å². The number of ether oxygens (including phenoxy) is 1. The second-order valence-corrected chi connectivity index (χ2v) is 7.98. The summed E-state index contributed by atoms with van der Waals surface area (Å²) >= 11 is 0. The highest BCUT2D eigenvalue weighted by Gasteiger charge is 2.19. The van der Waals surface area contributed by atoms with E-state index in [9.17, 15) is 9.90 Å². The number of rotatable bonds is 6. The number of hydrogen-bond acceptors (Lipinski definition) is 6. The third-order valence-electron chi connectivity index (χ3n) is 4.29. The molecule has 0 fully saturated rings. The molecule has 3 aromatic rings. The van der Waals surface area contributed by atoms with Crippen molar-refractivity contribution in [2.75, 3.05) is 19.7 Å². The summed E-state index contributed by atoms with van der Waals surface area (Å²) in [4.78, 5) is 23.5. The van der Waals surface area contributed by atoms with Gasteiger partial charge in [-0.2, -0.15) is 0 Å². The lowest BCUT2D eigenvalue weighted by Gasteiger charge is -2.24. The van der Waals surface area contributed by atoms with Gasteiger partial charge in [0.05, 0.1) is 29.9 Å². The lowest BCUT2D eigenvalue weighted by molar-refractivity contribution is -0.156. The van der Waals surface area contributed by atoms with Crippen molar-refractivity contribution in [3.63, 3.8) is 0 Å². The van der Waals surface area contributed by atoms with Gasteiger partial charge < -0.3 is 9.84 Å². The Balaban J connectivity index is 1.87. The van der Waals surface area contributed by atoms with Crippen LogP contribution in [0, 0.1) is 6.92 Å². The summed E-state index contributed by atoms with van der Waals surface area (Å²) in [5.74, 6) is -0.315. The molecule has 1 aromatic carbocycles. The number of hydrogen-bond donors (Lipinski definition) is 1. The van der Waals surface area contributed by atoms with Gasteiger partial charge >= 0.3 is 5.97 Å². The first-order valence-electron chi connectivity index (χ1n) is 9.46. The smallest absolute Gasteiger partial charge is 0.320 e. The van der Waals surface area contributed by atoms with Gasteiger partial charge in [0.15, 0.2) is 0 Å². The second-order valence-electron chi connectivity index (χ2n) is 7.98. The molecule has 2 aromatic heterocycles. The third kappa shape index (κ3) is 5.03. The molecule has 0 aliphatic heterocycles. The average Bonchev–Trinajstić information content (AvgIpc) is 2.60. The van der Waals surface area contributed by atoms with Crippen LogP contribution >= 0.6 is 0 Å². The summed E-state index contributed by atoms with van der Waals surface area (Å²) in [5, 5.41) is 11.4. The molecule has 0 radical (unpaired) electrons. The maximum atomic E-state index is 12.2. The van der Waals surface area contributed by atoms with Crippen LogP contribution in [0.1, 0.15) is 32.2 Å². The Labute approximate surface area is 165 Å². The van der Waals surface area contributed by atoms with Gasteiger partial charge in [-0.05, 0) is 39.8 Å². The number of pyridine rings is 2. The van der Waals surface area contributed by atoms with E-state index in [0.717, 1.165) is 33.2 Å². The minimum absolute atomic E-state index is 0.0416. The van der Waals surface area contributed by atoms with Gasteiger partial charge in [0.25, 0.3) is 0 Å². The molecule has 0 saturated carbocycles. The van der Waals surface area contributed by atoms with E-state index in [1.807, 2.05) is 69.0 Å². The monoisotopic (exact) mass is 381 g/mol. The van der Waals surface area contributed by atoms with E-state index in [1.165, 1.54) is 0 Å². The molecule has 6 nitrogen and oxygen atoms in total. The zero-order valence-corrected chi connectivity index (χ0v) is 16.9. The number of nitrogens with zero attached hydrogens (tertiary/aromatic N) is 3. The van der Waals surface area contributed by atoms with Gasteiger partial charge in [0.2, 0.25) is 0 Å². The molecule has 0 bridgehead atoms. The van der Waals surface area contributed by atoms with Crippen molar-refractivity contribution in [2.24, 2.45) is 0 Å². The number of aromatic nitrogens is 2. The molecule has 0 saturated heterocycles. The lowest BCUT2D eigenvalue weighted by atomic mass is 10.1. The van der Waals surface area contributed by atoms with Crippen LogP contribution in [-0.2, 0) is 16.1 Å². The van der Waals surface area contributed by atoms with Gasteiger partial charge in [-0.25, -0.2) is 4.98 Å². The highest BCUT2D eigenvalue weighted by atomic mass is 16.6. The molecule has 0 aliphatic carbocycles. The van der Waals surface area contributed by atoms with E-state index < -0.39 is 5.60 Å². The molecule has 0 unspecified atom stereocenters. The quantitative estimate of drug-likeness (QED) is 0.522. The van der Waals surface area contributed by atoms with Crippen molar-refractivity contribution >= 4 is 27.8 Å². The number of carbonyl (C=O) groups excluding carboxylic acids is 1. The largest absolute Gasteiger partial charge is 0.459 e. The Kier molecular flexibility index (Phi) is 5.91. The van der Waals surface area contributed by atoms with Gasteiger partial charge in [0.1, 0.15) is 5.60 Å². The normalized spacial score (nSPS) is 12.1. The maximum absolute atomic E-state index is 12.2. The van der Waals surface area contributed by atoms with Crippen molar-refractivity contribution < 1.29 is 14.6 Å². The molecule has 1 N–H and O–H groups in total. The Morgan fingerprint density at radius 2 is 1.64 bits per heavy atom. The van der Waals surface area contributed by atoms with Crippen LogP contribution < -0.4 is 0 Å². The Bertz CT molecular complexity index is 995. The van der Waals surface area contributed by atoms with Crippen LogP contribution in [0.25, 0.3) is 21.8 Å². The molecule has 28 heavy (non-hydrogen) atoms. The summed E-state index contributed by atoms with van der Waals surface area (Å²) in [6.45, 7) is 8.35. The summed E-state index contributed by atoms with van der Waals surface area (Å²) in [6.07, 6.45) is 0. The molecule has 0 amide bonds. The van der Waals surface area contributed by atoms with Crippen molar-refractivity contribution in [1.82, 2.24) is 14.9 Å². The molecule has 6 heteroatoms. The van der Waals surface area contributed by atoms with E-state index in [2.05, 4.69) is 4.98 Å². The fraction of sp³-hybridized carbons (Fsp3) is 0.409. The number of carbonyl (C=O) groups is 1. The number of aliphatic hydroxyl groups excluding tert-OH is 1.